The third-order valence-corrected chi connectivity index (χ3v) is 7.97. The highest BCUT2D eigenvalue weighted by atomic mass is 32.2. The first kappa shape index (κ1) is 27.2. The lowest BCUT2D eigenvalue weighted by atomic mass is 9.82. The lowest BCUT2D eigenvalue weighted by molar-refractivity contribution is -0.144. The predicted molar refractivity (Wildman–Crippen MR) is 123 cm³/mol. The highest BCUT2D eigenvalue weighted by Crippen LogP contribution is 2.35. The standard InChI is InChI=1S/C22H32N4O8S/c1-3-15-16(22(30)8-10-25(31)9-7-18(22)27)5-4-6-17(15)35(32,33)24-19(20(23)28)21(29)26-11-12-34-13-14(26)2/h4-6,14,19,24,30-31H,3,7-13H2,1-2H3,(H2,23,28)/t14-,19-,22?/m0/s1. The smallest absolute Gasteiger partial charge is 0.250 e. The van der Waals surface area contributed by atoms with Crippen molar-refractivity contribution in [1.82, 2.24) is 14.7 Å². The van der Waals surface area contributed by atoms with Gasteiger partial charge in [-0.25, -0.2) is 8.42 Å². The van der Waals surface area contributed by atoms with Gasteiger partial charge in [-0.1, -0.05) is 19.1 Å². The van der Waals surface area contributed by atoms with Gasteiger partial charge in [-0.15, -0.1) is 0 Å². The van der Waals surface area contributed by atoms with E-state index in [0.29, 0.717) is 0 Å². The Labute approximate surface area is 204 Å². The van der Waals surface area contributed by atoms with E-state index in [-0.39, 0.29) is 74.2 Å². The molecule has 35 heavy (non-hydrogen) atoms. The van der Waals surface area contributed by atoms with Crippen LogP contribution in [-0.2, 0) is 41.2 Å². The number of aliphatic hydroxyl groups is 1. The van der Waals surface area contributed by atoms with Crippen molar-refractivity contribution < 1.29 is 37.9 Å². The van der Waals surface area contributed by atoms with Gasteiger partial charge in [-0.3, -0.25) is 14.4 Å². The van der Waals surface area contributed by atoms with Crippen molar-refractivity contribution >= 4 is 27.6 Å². The summed E-state index contributed by atoms with van der Waals surface area (Å²) in [6.07, 6.45) is -0.133. The number of nitrogens with two attached hydrogens (primary N) is 1. The van der Waals surface area contributed by atoms with Crippen molar-refractivity contribution in [2.24, 2.45) is 5.73 Å². The second-order valence-electron chi connectivity index (χ2n) is 8.79. The van der Waals surface area contributed by atoms with E-state index in [4.69, 9.17) is 10.5 Å². The Balaban J connectivity index is 1.99. The number of sulfonamides is 1. The molecular formula is C22H32N4O8S. The predicted octanol–water partition coefficient (Wildman–Crippen LogP) is -1.13. The number of carbonyl (C=O) groups is 3. The summed E-state index contributed by atoms with van der Waals surface area (Å²) in [4.78, 5) is 39.0. The second-order valence-corrected chi connectivity index (χ2v) is 10.5. The topological polar surface area (TPSA) is 180 Å². The Morgan fingerprint density at radius 2 is 2.03 bits per heavy atom. The maximum Gasteiger partial charge on any atom is 0.250 e. The van der Waals surface area contributed by atoms with E-state index in [1.54, 1.807) is 13.8 Å². The van der Waals surface area contributed by atoms with Crippen molar-refractivity contribution in [2.75, 3.05) is 32.8 Å². The number of carbonyl (C=O) groups excluding carboxylic acids is 3. The van der Waals surface area contributed by atoms with Gasteiger partial charge in [-0.2, -0.15) is 9.79 Å². The first-order valence-corrected chi connectivity index (χ1v) is 12.9. The average Bonchev–Trinajstić information content (AvgIpc) is 2.95. The molecule has 2 aliphatic heterocycles. The molecule has 0 aliphatic carbocycles. The van der Waals surface area contributed by atoms with Gasteiger partial charge in [0.25, 0.3) is 5.91 Å². The van der Waals surface area contributed by atoms with Gasteiger partial charge in [0.15, 0.2) is 11.8 Å². The van der Waals surface area contributed by atoms with Gasteiger partial charge in [-0.05, 0) is 30.5 Å². The number of Topliss-reactive ketones (excluding diaryl/α,β-unsaturated/α-hetero) is 1. The maximum absolute atomic E-state index is 13.4. The molecule has 0 radical (unpaired) electrons. The zero-order valence-electron chi connectivity index (χ0n) is 19.8. The lowest BCUT2D eigenvalue weighted by Gasteiger charge is -2.35. The minimum Gasteiger partial charge on any atom is -0.377 e. The number of rotatable bonds is 7. The molecule has 2 aliphatic rings. The molecule has 2 amide bonds. The lowest BCUT2D eigenvalue weighted by Crippen LogP contribution is -2.59. The first-order chi connectivity index (χ1) is 16.4. The highest BCUT2D eigenvalue weighted by molar-refractivity contribution is 7.89. The summed E-state index contributed by atoms with van der Waals surface area (Å²) in [5.74, 6) is -2.49. The number of hydrogen-bond acceptors (Lipinski definition) is 9. The minimum absolute atomic E-state index is 0.0105. The van der Waals surface area contributed by atoms with E-state index in [1.807, 2.05) is 0 Å². The summed E-state index contributed by atoms with van der Waals surface area (Å²) < 4.78 is 34.2. The fourth-order valence-corrected chi connectivity index (χ4v) is 5.99. The van der Waals surface area contributed by atoms with Crippen LogP contribution in [0.1, 0.15) is 37.8 Å². The zero-order valence-corrected chi connectivity index (χ0v) is 20.6. The Morgan fingerprint density at radius 1 is 1.31 bits per heavy atom. The number of amides is 2. The van der Waals surface area contributed by atoms with E-state index in [2.05, 4.69) is 4.72 Å². The Bertz CT molecular complexity index is 1090. The van der Waals surface area contributed by atoms with E-state index in [1.165, 1.54) is 23.1 Å². The zero-order chi connectivity index (χ0) is 26.0. The molecule has 1 aromatic rings. The number of hydrogen-bond donors (Lipinski definition) is 4. The molecule has 12 nitrogen and oxygen atoms in total. The summed E-state index contributed by atoms with van der Waals surface area (Å²) in [5, 5.41) is 22.1. The molecule has 0 spiro atoms. The Hall–Kier alpha value is -2.42. The van der Waals surface area contributed by atoms with Crippen LogP contribution in [0.15, 0.2) is 23.1 Å². The van der Waals surface area contributed by atoms with Crippen molar-refractivity contribution in [3.05, 3.63) is 29.3 Å². The molecule has 0 aromatic heterocycles. The molecule has 2 fully saturated rings. The molecule has 0 bridgehead atoms. The molecule has 194 valence electrons. The summed E-state index contributed by atoms with van der Waals surface area (Å²) in [6, 6.07) is 1.89. The Morgan fingerprint density at radius 3 is 2.66 bits per heavy atom. The van der Waals surface area contributed by atoms with E-state index in [9.17, 15) is 33.1 Å². The SMILES string of the molecule is CCc1c(C2(O)CCN(O)CCC2=O)cccc1S(=O)(=O)N[C@@H](C(N)=O)C(=O)N1CCOC[C@@H]1C. The van der Waals surface area contributed by atoms with Crippen LogP contribution in [0.5, 0.6) is 0 Å². The number of ketones is 1. The molecule has 2 heterocycles. The second kappa shape index (κ2) is 10.7. The number of hydroxylamine groups is 2. The van der Waals surface area contributed by atoms with Gasteiger partial charge in [0, 0.05) is 32.5 Å². The van der Waals surface area contributed by atoms with Crippen molar-refractivity contribution in [3.8, 4) is 0 Å². The van der Waals surface area contributed by atoms with Gasteiger partial charge in [0.1, 0.15) is 5.60 Å². The molecule has 1 unspecified atom stereocenters. The summed E-state index contributed by atoms with van der Waals surface area (Å²) in [7, 11) is -4.49. The van der Waals surface area contributed by atoms with Crippen molar-refractivity contribution in [1.29, 1.82) is 0 Å². The highest BCUT2D eigenvalue weighted by Gasteiger charge is 2.43. The van der Waals surface area contributed by atoms with Crippen LogP contribution in [0.4, 0.5) is 0 Å². The summed E-state index contributed by atoms with van der Waals surface area (Å²) in [6.45, 7) is 4.09. The van der Waals surface area contributed by atoms with Crippen LogP contribution < -0.4 is 10.5 Å². The first-order valence-electron chi connectivity index (χ1n) is 11.4. The molecule has 5 N–H and O–H groups in total. The van der Waals surface area contributed by atoms with Crippen LogP contribution in [0.2, 0.25) is 0 Å². The average molecular weight is 513 g/mol. The molecule has 3 rings (SSSR count). The summed E-state index contributed by atoms with van der Waals surface area (Å²) in [5.41, 5.74) is 3.67. The Kier molecular flexibility index (Phi) is 8.29. The largest absolute Gasteiger partial charge is 0.377 e. The summed E-state index contributed by atoms with van der Waals surface area (Å²) >= 11 is 0. The van der Waals surface area contributed by atoms with Gasteiger partial charge < -0.3 is 25.7 Å². The number of nitrogens with one attached hydrogen (secondary N) is 1. The molecule has 2 saturated heterocycles. The number of benzene rings is 1. The molecule has 13 heteroatoms. The van der Waals surface area contributed by atoms with E-state index in [0.717, 1.165) is 5.06 Å². The van der Waals surface area contributed by atoms with Crippen LogP contribution in [0.3, 0.4) is 0 Å². The number of morpholine rings is 1. The van der Waals surface area contributed by atoms with E-state index < -0.39 is 39.3 Å². The van der Waals surface area contributed by atoms with Crippen LogP contribution in [0, 0.1) is 0 Å². The fourth-order valence-electron chi connectivity index (χ4n) is 4.50. The van der Waals surface area contributed by atoms with Crippen LogP contribution in [0.25, 0.3) is 0 Å². The van der Waals surface area contributed by atoms with Gasteiger partial charge >= 0.3 is 0 Å². The third kappa shape index (κ3) is 5.55. The third-order valence-electron chi connectivity index (χ3n) is 6.47. The quantitative estimate of drug-likeness (QED) is 0.329. The van der Waals surface area contributed by atoms with E-state index >= 15 is 0 Å². The number of nitrogens with zero attached hydrogens (tertiary/aromatic N) is 2. The van der Waals surface area contributed by atoms with Crippen LogP contribution >= 0.6 is 0 Å². The monoisotopic (exact) mass is 512 g/mol. The van der Waals surface area contributed by atoms with Gasteiger partial charge in [0.05, 0.1) is 24.2 Å². The fraction of sp³-hybridized carbons (Fsp3) is 0.591. The van der Waals surface area contributed by atoms with Crippen LogP contribution in [-0.4, -0.2) is 91.2 Å². The van der Waals surface area contributed by atoms with Gasteiger partial charge in [0.2, 0.25) is 15.9 Å². The number of primary amides is 1. The van der Waals surface area contributed by atoms with Crippen molar-refractivity contribution in [3.63, 3.8) is 0 Å². The maximum atomic E-state index is 13.4. The normalized spacial score (nSPS) is 25.2. The molecular weight excluding hydrogens is 480 g/mol. The molecule has 1 aromatic carbocycles. The van der Waals surface area contributed by atoms with Crippen molar-refractivity contribution in [2.45, 2.75) is 55.7 Å². The number of ether oxygens (including phenoxy) is 1. The molecule has 0 saturated carbocycles. The molecule has 3 atom stereocenters. The minimum atomic E-state index is -4.49.